The first kappa shape index (κ1) is 28.5. The molecule has 0 unspecified atom stereocenters. The maximum Gasteiger partial charge on any atom is 0.343 e. The normalized spacial score (nSPS) is 11.0. The van der Waals surface area contributed by atoms with Gasteiger partial charge >= 0.3 is 11.9 Å². The van der Waals surface area contributed by atoms with Crippen LogP contribution in [0, 0.1) is 0 Å². The molecule has 5 aromatic rings. The second-order valence-electron chi connectivity index (χ2n) is 9.47. The fraction of sp³-hybridized carbons (Fsp3) is 0.0556. The SMILES string of the molecule is CCOC(=O)C(C(=O)c1ccccc1-c1ccccc1C(=O)O)=P(c1ccccc1)(c1ccccc1)c1ccccc1. The molecule has 0 aromatic heterocycles. The quantitative estimate of drug-likeness (QED) is 0.102. The van der Waals surface area contributed by atoms with Gasteiger partial charge in [-0.1, -0.05) is 133 Å². The predicted molar refractivity (Wildman–Crippen MR) is 170 cm³/mol. The van der Waals surface area contributed by atoms with Gasteiger partial charge < -0.3 is 9.84 Å². The molecule has 5 nitrogen and oxygen atoms in total. The number of rotatable bonds is 9. The van der Waals surface area contributed by atoms with E-state index in [9.17, 15) is 14.7 Å². The van der Waals surface area contributed by atoms with Crippen molar-refractivity contribution in [3.8, 4) is 11.1 Å². The van der Waals surface area contributed by atoms with Gasteiger partial charge in [-0.2, -0.15) is 0 Å². The molecule has 0 saturated heterocycles. The van der Waals surface area contributed by atoms with Gasteiger partial charge in [-0.05, 0) is 46.9 Å². The zero-order chi connectivity index (χ0) is 29.5. The Bertz CT molecular complexity index is 1690. The van der Waals surface area contributed by atoms with Gasteiger partial charge in [-0.15, -0.1) is 0 Å². The van der Waals surface area contributed by atoms with E-state index in [1.807, 2.05) is 91.0 Å². The molecule has 1 N–H and O–H groups in total. The highest BCUT2D eigenvalue weighted by atomic mass is 31.2. The van der Waals surface area contributed by atoms with Gasteiger partial charge in [-0.25, -0.2) is 9.59 Å². The molecule has 0 fully saturated rings. The van der Waals surface area contributed by atoms with Crippen LogP contribution >= 0.6 is 6.89 Å². The molecule has 0 spiro atoms. The molecule has 0 heterocycles. The lowest BCUT2D eigenvalue weighted by Gasteiger charge is -2.31. The third-order valence-electron chi connectivity index (χ3n) is 7.07. The minimum Gasteiger partial charge on any atom is -0.478 e. The highest BCUT2D eigenvalue weighted by Crippen LogP contribution is 2.47. The summed E-state index contributed by atoms with van der Waals surface area (Å²) >= 11 is 0. The van der Waals surface area contributed by atoms with Crippen LogP contribution in [-0.2, 0) is 9.53 Å². The Morgan fingerprint density at radius 2 is 0.952 bits per heavy atom. The summed E-state index contributed by atoms with van der Waals surface area (Å²) in [7, 11) is 0. The first-order chi connectivity index (χ1) is 20.5. The van der Waals surface area contributed by atoms with E-state index in [1.165, 1.54) is 6.07 Å². The summed E-state index contributed by atoms with van der Waals surface area (Å²) in [6.07, 6.45) is 0. The number of carbonyl (C=O) groups excluding carboxylic acids is 2. The van der Waals surface area contributed by atoms with Crippen LogP contribution in [0.3, 0.4) is 0 Å². The molecule has 0 radical (unpaired) electrons. The summed E-state index contributed by atoms with van der Waals surface area (Å²) in [5.74, 6) is -2.31. The van der Waals surface area contributed by atoms with Crippen LogP contribution in [0.1, 0.15) is 27.6 Å². The molecule has 0 aliphatic carbocycles. The lowest BCUT2D eigenvalue weighted by Crippen LogP contribution is -2.38. The second kappa shape index (κ2) is 12.7. The highest BCUT2D eigenvalue weighted by molar-refractivity contribution is 7.97. The van der Waals surface area contributed by atoms with Crippen LogP contribution in [0.15, 0.2) is 140 Å². The number of aromatic carboxylic acids is 1. The predicted octanol–water partition coefficient (Wildman–Crippen LogP) is 5.96. The zero-order valence-electron chi connectivity index (χ0n) is 23.0. The van der Waals surface area contributed by atoms with Crippen molar-refractivity contribution >= 4 is 45.8 Å². The molecule has 0 atom stereocenters. The molecule has 0 bridgehead atoms. The maximum absolute atomic E-state index is 15.0. The van der Waals surface area contributed by atoms with E-state index in [0.29, 0.717) is 11.1 Å². The van der Waals surface area contributed by atoms with Crippen LogP contribution in [0.4, 0.5) is 0 Å². The number of carboxylic acids is 1. The van der Waals surface area contributed by atoms with Crippen molar-refractivity contribution in [2.75, 3.05) is 6.61 Å². The van der Waals surface area contributed by atoms with E-state index in [4.69, 9.17) is 4.74 Å². The minimum atomic E-state index is -3.14. The summed E-state index contributed by atoms with van der Waals surface area (Å²) in [6, 6.07) is 42.2. The van der Waals surface area contributed by atoms with Gasteiger partial charge in [0.15, 0.2) is 0 Å². The van der Waals surface area contributed by atoms with Gasteiger partial charge in [0.2, 0.25) is 5.78 Å². The average molecular weight is 573 g/mol. The van der Waals surface area contributed by atoms with E-state index in [-0.39, 0.29) is 23.0 Å². The third kappa shape index (κ3) is 5.23. The third-order valence-corrected chi connectivity index (χ3v) is 11.3. The summed E-state index contributed by atoms with van der Waals surface area (Å²) < 4.78 is 5.66. The first-order valence-corrected chi connectivity index (χ1v) is 15.4. The van der Waals surface area contributed by atoms with Gasteiger partial charge in [0.05, 0.1) is 12.2 Å². The Balaban J connectivity index is 1.97. The van der Waals surface area contributed by atoms with Crippen molar-refractivity contribution in [1.29, 1.82) is 0 Å². The second-order valence-corrected chi connectivity index (χ2v) is 12.8. The van der Waals surface area contributed by atoms with Crippen molar-refractivity contribution in [2.45, 2.75) is 6.92 Å². The van der Waals surface area contributed by atoms with E-state index < -0.39 is 24.6 Å². The van der Waals surface area contributed by atoms with E-state index in [0.717, 1.165) is 15.9 Å². The summed E-state index contributed by atoms with van der Waals surface area (Å²) in [5.41, 5.74) is 1.10. The van der Waals surface area contributed by atoms with E-state index in [1.54, 1.807) is 49.4 Å². The summed E-state index contributed by atoms with van der Waals surface area (Å²) in [6.45, 7) is -1.34. The lowest BCUT2D eigenvalue weighted by molar-refractivity contribution is -0.134. The molecule has 5 aromatic carbocycles. The van der Waals surface area contributed by atoms with Crippen LogP contribution in [0.25, 0.3) is 11.1 Å². The summed E-state index contributed by atoms with van der Waals surface area (Å²) in [5, 5.41) is 12.4. The Morgan fingerprint density at radius 1 is 0.571 bits per heavy atom. The minimum absolute atomic E-state index is 0.0215. The molecule has 208 valence electrons. The van der Waals surface area contributed by atoms with Gasteiger partial charge in [0, 0.05) is 5.56 Å². The Hall–Kier alpha value is -4.99. The molecular weight excluding hydrogens is 543 g/mol. The van der Waals surface area contributed by atoms with Gasteiger partial charge in [0.1, 0.15) is 5.29 Å². The number of Topliss-reactive ketones (excluding diaryl/α,β-unsaturated/α-hetero) is 1. The summed E-state index contributed by atoms with van der Waals surface area (Å²) in [4.78, 5) is 41.4. The molecular formula is C36H29O5P. The fourth-order valence-electron chi connectivity index (χ4n) is 5.32. The number of hydrogen-bond acceptors (Lipinski definition) is 4. The molecule has 0 aliphatic heterocycles. The van der Waals surface area contributed by atoms with Crippen LogP contribution < -0.4 is 15.9 Å². The smallest absolute Gasteiger partial charge is 0.343 e. The Kier molecular flexibility index (Phi) is 8.61. The van der Waals surface area contributed by atoms with Crippen molar-refractivity contribution < 1.29 is 24.2 Å². The average Bonchev–Trinajstić information content (AvgIpc) is 3.04. The number of ketones is 1. The molecule has 0 saturated carbocycles. The molecule has 0 aliphatic rings. The number of esters is 1. The number of carbonyl (C=O) groups is 3. The van der Waals surface area contributed by atoms with E-state index >= 15 is 4.79 Å². The Labute approximate surface area is 245 Å². The Morgan fingerprint density at radius 3 is 1.38 bits per heavy atom. The molecule has 0 amide bonds. The van der Waals surface area contributed by atoms with Crippen molar-refractivity contribution in [3.05, 3.63) is 151 Å². The lowest BCUT2D eigenvalue weighted by atomic mass is 9.92. The van der Waals surface area contributed by atoms with Gasteiger partial charge in [0.25, 0.3) is 0 Å². The van der Waals surface area contributed by atoms with Crippen molar-refractivity contribution in [3.63, 3.8) is 0 Å². The zero-order valence-corrected chi connectivity index (χ0v) is 23.9. The standard InChI is InChI=1S/C36H29O5P/c1-2-41-36(40)34(33(37)31-24-14-12-22-29(31)30-23-13-15-25-32(30)35(38)39)42(26-16-6-3-7-17-26,27-18-8-4-9-19-27)28-20-10-5-11-21-28/h3-25H,2H2,1H3,(H,38,39). The van der Waals surface area contributed by atoms with Crippen LogP contribution in [0.2, 0.25) is 0 Å². The van der Waals surface area contributed by atoms with Crippen LogP contribution in [0.5, 0.6) is 0 Å². The van der Waals surface area contributed by atoms with Crippen LogP contribution in [-0.4, -0.2) is 34.7 Å². The molecule has 42 heavy (non-hydrogen) atoms. The maximum atomic E-state index is 15.0. The topological polar surface area (TPSA) is 80.7 Å². The largest absolute Gasteiger partial charge is 0.478 e. The molecule has 6 heteroatoms. The van der Waals surface area contributed by atoms with E-state index in [2.05, 4.69) is 0 Å². The number of carboxylic acid groups (broad SMARTS) is 1. The molecule has 5 rings (SSSR count). The van der Waals surface area contributed by atoms with Gasteiger partial charge in [-0.3, -0.25) is 4.79 Å². The number of ether oxygens (including phenoxy) is 1. The van der Waals surface area contributed by atoms with Crippen molar-refractivity contribution in [2.24, 2.45) is 0 Å². The van der Waals surface area contributed by atoms with Crippen molar-refractivity contribution in [1.82, 2.24) is 0 Å². The number of benzene rings is 5. The fourth-order valence-corrected chi connectivity index (χ4v) is 9.61. The highest BCUT2D eigenvalue weighted by Gasteiger charge is 2.38. The monoisotopic (exact) mass is 572 g/mol. The first-order valence-electron chi connectivity index (χ1n) is 13.6. The number of hydrogen-bond donors (Lipinski definition) is 1.